The van der Waals surface area contributed by atoms with Gasteiger partial charge < -0.3 is 10.6 Å². The minimum Gasteiger partial charge on any atom is -0.324 e. The van der Waals surface area contributed by atoms with Crippen LogP contribution in [0.4, 0.5) is 11.4 Å². The number of carbonyl (C=O) groups is 2. The first-order valence-electron chi connectivity index (χ1n) is 9.31. The fourth-order valence-electron chi connectivity index (χ4n) is 2.99. The summed E-state index contributed by atoms with van der Waals surface area (Å²) in [6, 6.07) is 22.4. The first kappa shape index (κ1) is 21.8. The van der Waals surface area contributed by atoms with Crippen LogP contribution in [0.3, 0.4) is 0 Å². The van der Waals surface area contributed by atoms with Gasteiger partial charge >= 0.3 is 0 Å². The molecule has 30 heavy (non-hydrogen) atoms. The lowest BCUT2D eigenvalue weighted by atomic mass is 10.0. The standard InChI is InChI=1S/C23H21Cl2N3O2/c1-28(15-22(30)27-23-18(24)11-7-12-19(23)25)14-21(29)26-20-13-6-5-10-17(20)16-8-3-2-4-9-16/h2-13H,14-15H2,1H3,(H,26,29)(H,27,30). The molecule has 0 fully saturated rings. The van der Waals surface area contributed by atoms with Crippen LogP contribution in [0.5, 0.6) is 0 Å². The fraction of sp³-hybridized carbons (Fsp3) is 0.130. The van der Waals surface area contributed by atoms with Crippen molar-refractivity contribution >= 4 is 46.4 Å². The Labute approximate surface area is 185 Å². The van der Waals surface area contributed by atoms with Crippen molar-refractivity contribution in [3.8, 4) is 11.1 Å². The number of halogens is 2. The van der Waals surface area contributed by atoms with Crippen molar-refractivity contribution in [2.75, 3.05) is 30.8 Å². The molecule has 0 aliphatic rings. The van der Waals surface area contributed by atoms with Crippen molar-refractivity contribution in [1.29, 1.82) is 0 Å². The third-order valence-electron chi connectivity index (χ3n) is 4.34. The molecule has 0 bridgehead atoms. The summed E-state index contributed by atoms with van der Waals surface area (Å²) >= 11 is 12.1. The van der Waals surface area contributed by atoms with Gasteiger partial charge in [0.15, 0.2) is 0 Å². The minimum absolute atomic E-state index is 0.00923. The lowest BCUT2D eigenvalue weighted by Crippen LogP contribution is -2.36. The Morgan fingerprint density at radius 2 is 1.33 bits per heavy atom. The molecule has 5 nitrogen and oxygen atoms in total. The number of amides is 2. The first-order chi connectivity index (χ1) is 14.4. The van der Waals surface area contributed by atoms with Crippen LogP contribution in [-0.4, -0.2) is 36.9 Å². The second-order valence-electron chi connectivity index (χ2n) is 6.78. The topological polar surface area (TPSA) is 61.4 Å². The number of carbonyl (C=O) groups excluding carboxylic acids is 2. The minimum atomic E-state index is -0.315. The molecule has 154 valence electrons. The van der Waals surface area contributed by atoms with Gasteiger partial charge in [0.05, 0.1) is 28.8 Å². The molecule has 0 saturated carbocycles. The van der Waals surface area contributed by atoms with E-state index in [0.29, 0.717) is 15.7 Å². The molecule has 0 saturated heterocycles. The van der Waals surface area contributed by atoms with E-state index < -0.39 is 0 Å². The zero-order valence-corrected chi connectivity index (χ0v) is 17.9. The summed E-state index contributed by atoms with van der Waals surface area (Å²) < 4.78 is 0. The summed E-state index contributed by atoms with van der Waals surface area (Å²) in [7, 11) is 1.69. The molecule has 7 heteroatoms. The second kappa shape index (κ2) is 10.3. The van der Waals surface area contributed by atoms with E-state index in [0.717, 1.165) is 16.8 Å². The average molecular weight is 442 g/mol. The van der Waals surface area contributed by atoms with E-state index in [4.69, 9.17) is 23.2 Å². The van der Waals surface area contributed by atoms with E-state index in [9.17, 15) is 9.59 Å². The number of nitrogens with one attached hydrogen (secondary N) is 2. The highest BCUT2D eigenvalue weighted by Crippen LogP contribution is 2.30. The Morgan fingerprint density at radius 3 is 2.00 bits per heavy atom. The van der Waals surface area contributed by atoms with E-state index in [1.807, 2.05) is 54.6 Å². The van der Waals surface area contributed by atoms with Gasteiger partial charge in [0.25, 0.3) is 0 Å². The second-order valence-corrected chi connectivity index (χ2v) is 7.59. The molecule has 3 aromatic rings. The Kier molecular flexibility index (Phi) is 7.46. The smallest absolute Gasteiger partial charge is 0.238 e. The van der Waals surface area contributed by atoms with Crippen molar-refractivity contribution < 1.29 is 9.59 Å². The van der Waals surface area contributed by atoms with Crippen LogP contribution in [0.15, 0.2) is 72.8 Å². The number of benzene rings is 3. The Bertz CT molecular complexity index is 1020. The van der Waals surface area contributed by atoms with E-state index >= 15 is 0 Å². The van der Waals surface area contributed by atoms with Gasteiger partial charge in [-0.15, -0.1) is 0 Å². The quantitative estimate of drug-likeness (QED) is 0.531. The summed E-state index contributed by atoms with van der Waals surface area (Å²) in [4.78, 5) is 26.4. The van der Waals surface area contributed by atoms with Crippen molar-refractivity contribution in [2.24, 2.45) is 0 Å². The summed E-state index contributed by atoms with van der Waals surface area (Å²) in [6.45, 7) is 0.0576. The summed E-state index contributed by atoms with van der Waals surface area (Å²) in [5, 5.41) is 6.32. The molecular weight excluding hydrogens is 421 g/mol. The molecule has 0 spiro atoms. The third-order valence-corrected chi connectivity index (χ3v) is 4.97. The van der Waals surface area contributed by atoms with Gasteiger partial charge in [-0.25, -0.2) is 0 Å². The molecule has 0 unspecified atom stereocenters. The van der Waals surface area contributed by atoms with Gasteiger partial charge in [-0.2, -0.15) is 0 Å². The maximum atomic E-state index is 12.5. The monoisotopic (exact) mass is 441 g/mol. The van der Waals surface area contributed by atoms with E-state index in [-0.39, 0.29) is 24.9 Å². The number of rotatable bonds is 7. The van der Waals surface area contributed by atoms with E-state index in [1.165, 1.54) is 0 Å². The lowest BCUT2D eigenvalue weighted by Gasteiger charge is -2.17. The van der Waals surface area contributed by atoms with Crippen LogP contribution < -0.4 is 10.6 Å². The Balaban J connectivity index is 1.59. The molecule has 0 aliphatic carbocycles. The summed E-state index contributed by atoms with van der Waals surface area (Å²) in [5.41, 5.74) is 3.02. The third kappa shape index (κ3) is 5.83. The van der Waals surface area contributed by atoms with Crippen LogP contribution in [0, 0.1) is 0 Å². The van der Waals surface area contributed by atoms with Crippen molar-refractivity contribution in [1.82, 2.24) is 4.90 Å². The molecule has 3 aromatic carbocycles. The highest BCUT2D eigenvalue weighted by Gasteiger charge is 2.15. The predicted octanol–water partition coefficient (Wildman–Crippen LogP) is 5.17. The maximum Gasteiger partial charge on any atom is 0.238 e. The summed E-state index contributed by atoms with van der Waals surface area (Å²) in [6.07, 6.45) is 0. The Hall–Kier alpha value is -2.86. The number of hydrogen-bond donors (Lipinski definition) is 2. The van der Waals surface area contributed by atoms with E-state index in [1.54, 1.807) is 30.1 Å². The molecule has 0 aliphatic heterocycles. The van der Waals surface area contributed by atoms with Crippen LogP contribution in [0.25, 0.3) is 11.1 Å². The molecule has 0 aromatic heterocycles. The molecule has 3 rings (SSSR count). The maximum absolute atomic E-state index is 12.5. The van der Waals surface area contributed by atoms with E-state index in [2.05, 4.69) is 10.6 Å². The molecule has 0 radical (unpaired) electrons. The van der Waals surface area contributed by atoms with Gasteiger partial charge in [0.1, 0.15) is 0 Å². The normalized spacial score (nSPS) is 10.7. The summed E-state index contributed by atoms with van der Waals surface area (Å²) in [5.74, 6) is -0.533. The predicted molar refractivity (Wildman–Crippen MR) is 123 cm³/mol. The van der Waals surface area contributed by atoms with Crippen LogP contribution in [-0.2, 0) is 9.59 Å². The number of likely N-dealkylation sites (N-methyl/N-ethyl adjacent to an activating group) is 1. The first-order valence-corrected chi connectivity index (χ1v) is 10.1. The zero-order chi connectivity index (χ0) is 21.5. The lowest BCUT2D eigenvalue weighted by molar-refractivity contribution is -0.119. The van der Waals surface area contributed by atoms with Gasteiger partial charge in [0.2, 0.25) is 11.8 Å². The van der Waals surface area contributed by atoms with Gasteiger partial charge in [-0.3, -0.25) is 14.5 Å². The molecule has 0 heterocycles. The van der Waals surface area contributed by atoms with Crippen molar-refractivity contribution in [3.63, 3.8) is 0 Å². The van der Waals surface area contributed by atoms with Crippen LogP contribution >= 0.6 is 23.2 Å². The SMILES string of the molecule is CN(CC(=O)Nc1ccccc1-c1ccccc1)CC(=O)Nc1c(Cl)cccc1Cl. The average Bonchev–Trinajstić information content (AvgIpc) is 2.71. The highest BCUT2D eigenvalue weighted by atomic mass is 35.5. The number of para-hydroxylation sites is 2. The molecule has 2 amide bonds. The van der Waals surface area contributed by atoms with Crippen LogP contribution in [0.1, 0.15) is 0 Å². The van der Waals surface area contributed by atoms with Gasteiger partial charge in [-0.1, -0.05) is 77.8 Å². The number of anilines is 2. The van der Waals surface area contributed by atoms with Crippen molar-refractivity contribution in [2.45, 2.75) is 0 Å². The molecule has 0 atom stereocenters. The number of nitrogens with zero attached hydrogens (tertiary/aromatic N) is 1. The Morgan fingerprint density at radius 1 is 0.767 bits per heavy atom. The zero-order valence-electron chi connectivity index (χ0n) is 16.4. The van der Waals surface area contributed by atoms with Gasteiger partial charge in [0, 0.05) is 11.3 Å². The fourth-order valence-corrected chi connectivity index (χ4v) is 3.49. The van der Waals surface area contributed by atoms with Gasteiger partial charge in [-0.05, 0) is 30.8 Å². The van der Waals surface area contributed by atoms with Crippen molar-refractivity contribution in [3.05, 3.63) is 82.8 Å². The molecule has 2 N–H and O–H groups in total. The largest absolute Gasteiger partial charge is 0.324 e. The van der Waals surface area contributed by atoms with Crippen LogP contribution in [0.2, 0.25) is 10.0 Å². The number of hydrogen-bond acceptors (Lipinski definition) is 3. The molecular formula is C23H21Cl2N3O2. The highest BCUT2D eigenvalue weighted by molar-refractivity contribution is 6.39.